The topological polar surface area (TPSA) is 49.1 Å². The molecule has 27 rings (SSSR count). The van der Waals surface area contributed by atoms with Gasteiger partial charge in [0.05, 0.1) is 17.1 Å². The second kappa shape index (κ2) is 39.0. The van der Waals surface area contributed by atoms with Crippen LogP contribution in [0.25, 0.3) is 188 Å². The minimum Gasteiger partial charge on any atom is -0.454 e. The minimum absolute atomic E-state index is 0.137. The van der Waals surface area contributed by atoms with Gasteiger partial charge in [-0.05, 0) is 261 Å². The van der Waals surface area contributed by atoms with Crippen molar-refractivity contribution in [2.24, 2.45) is 0 Å². The Morgan fingerprint density at radius 1 is 0.143 bits per heavy atom. The van der Waals surface area contributed by atoms with E-state index in [0.29, 0.717) is 0 Å². The van der Waals surface area contributed by atoms with Gasteiger partial charge in [-0.15, -0.1) is 0 Å². The first-order chi connectivity index (χ1) is 72.6. The summed E-state index contributed by atoms with van der Waals surface area (Å²) in [5.74, 6) is 0. The molecule has 0 atom stereocenters. The first kappa shape index (κ1) is 89.2. The van der Waals surface area contributed by atoms with E-state index in [-0.39, 0.29) is 5.41 Å². The molecule has 147 heavy (non-hydrogen) atoms. The second-order valence-corrected chi connectivity index (χ2v) is 38.1. The van der Waals surface area contributed by atoms with E-state index in [1.165, 1.54) is 94.6 Å². The summed E-state index contributed by atoms with van der Waals surface area (Å²) in [4.78, 5) is 7.04. The lowest BCUT2D eigenvalue weighted by atomic mass is 9.82. The van der Waals surface area contributed by atoms with E-state index in [4.69, 9.17) is 13.3 Å². The number of hydrogen-bond acceptors (Lipinski definition) is 6. The smallest absolute Gasteiger partial charge is 0.159 e. The molecule has 0 bridgehead atoms. The third-order valence-electron chi connectivity index (χ3n) is 28.8. The van der Waals surface area contributed by atoms with Crippen LogP contribution >= 0.6 is 0 Å². The van der Waals surface area contributed by atoms with Gasteiger partial charge < -0.3 is 28.0 Å². The van der Waals surface area contributed by atoms with E-state index in [0.717, 1.165) is 156 Å². The molecule has 6 nitrogen and oxygen atoms in total. The zero-order chi connectivity index (χ0) is 98.1. The summed E-state index contributed by atoms with van der Waals surface area (Å²) in [6, 6.07) is 201. The quantitative estimate of drug-likeness (QED) is 0.0804. The molecule has 1 aliphatic rings. The molecule has 0 aliphatic heterocycles. The fraction of sp³-hybridized carbons (Fsp3) is 0.0213. The Morgan fingerprint density at radius 3 is 0.687 bits per heavy atom. The molecular weight excluding hydrogens is 1780 g/mol. The Balaban J connectivity index is 0.000000115. The number of hydrogen-bond donors (Lipinski definition) is 0. The number of rotatable bonds is 19. The van der Waals surface area contributed by atoms with Crippen molar-refractivity contribution in [2.75, 3.05) is 14.7 Å². The van der Waals surface area contributed by atoms with Crippen molar-refractivity contribution in [3.05, 3.63) is 575 Å². The van der Waals surface area contributed by atoms with Gasteiger partial charge in [0.25, 0.3) is 0 Å². The van der Waals surface area contributed by atoms with Gasteiger partial charge in [0.2, 0.25) is 0 Å². The normalized spacial score (nSPS) is 11.8. The molecule has 0 radical (unpaired) electrons. The van der Waals surface area contributed by atoms with Crippen molar-refractivity contribution in [3.63, 3.8) is 0 Å². The molecule has 0 unspecified atom stereocenters. The van der Waals surface area contributed by atoms with Crippen molar-refractivity contribution in [3.8, 4) is 122 Å². The Morgan fingerprint density at radius 2 is 0.361 bits per heavy atom. The maximum Gasteiger partial charge on any atom is 0.159 e. The molecule has 0 spiro atoms. The summed E-state index contributed by atoms with van der Waals surface area (Å²) in [6.45, 7) is 4.69. The van der Waals surface area contributed by atoms with Crippen LogP contribution in [0.1, 0.15) is 25.0 Å². The van der Waals surface area contributed by atoms with Crippen molar-refractivity contribution < 1.29 is 13.3 Å². The van der Waals surface area contributed by atoms with Gasteiger partial charge in [0.15, 0.2) is 16.7 Å². The predicted molar refractivity (Wildman–Crippen MR) is 617 cm³/mol. The van der Waals surface area contributed by atoms with Crippen LogP contribution < -0.4 is 14.7 Å². The lowest BCUT2D eigenvalue weighted by Crippen LogP contribution is -2.16. The molecule has 6 heteroatoms. The van der Waals surface area contributed by atoms with E-state index in [1.807, 2.05) is 18.2 Å². The number of para-hydroxylation sites is 4. The zero-order valence-corrected chi connectivity index (χ0v) is 81.3. The number of nitrogens with zero attached hydrogens (tertiary/aromatic N) is 3. The first-order valence-electron chi connectivity index (χ1n) is 50.3. The van der Waals surface area contributed by atoms with E-state index in [1.54, 1.807) is 0 Å². The summed E-state index contributed by atoms with van der Waals surface area (Å²) in [6.07, 6.45) is 0. The van der Waals surface area contributed by atoms with Crippen LogP contribution in [0.2, 0.25) is 0 Å². The van der Waals surface area contributed by atoms with E-state index in [9.17, 15) is 0 Å². The summed E-state index contributed by atoms with van der Waals surface area (Å²) < 4.78 is 20.2. The Labute approximate surface area is 855 Å². The van der Waals surface area contributed by atoms with Gasteiger partial charge in [-0.1, -0.05) is 451 Å². The maximum atomic E-state index is 6.81. The second-order valence-electron chi connectivity index (χ2n) is 38.1. The lowest BCUT2D eigenvalue weighted by Gasteiger charge is -2.28. The van der Waals surface area contributed by atoms with Crippen LogP contribution in [0.3, 0.4) is 0 Å². The molecule has 0 fully saturated rings. The lowest BCUT2D eigenvalue weighted by molar-refractivity contribution is 0.660. The number of benzene rings is 23. The largest absolute Gasteiger partial charge is 0.454 e. The minimum atomic E-state index is -0.137. The number of anilines is 9. The Kier molecular flexibility index (Phi) is 23.7. The number of furan rings is 3. The maximum absolute atomic E-state index is 6.81. The highest BCUT2D eigenvalue weighted by atomic mass is 16.3. The van der Waals surface area contributed by atoms with Gasteiger partial charge >= 0.3 is 0 Å². The average Bonchev–Trinajstić information content (AvgIpc) is 1.58. The van der Waals surface area contributed by atoms with Crippen LogP contribution in [0.4, 0.5) is 51.2 Å². The Bertz CT molecular complexity index is 9220. The summed E-state index contributed by atoms with van der Waals surface area (Å²) in [7, 11) is 0. The molecule has 0 saturated carbocycles. The molecular formula is C141H99N3O3. The molecule has 1 aliphatic carbocycles. The van der Waals surface area contributed by atoms with Crippen LogP contribution in [0, 0.1) is 0 Å². The highest BCUT2D eigenvalue weighted by molar-refractivity contribution is 6.16. The van der Waals surface area contributed by atoms with Crippen LogP contribution in [0.5, 0.6) is 0 Å². The predicted octanol–water partition coefficient (Wildman–Crippen LogP) is 40.1. The highest BCUT2D eigenvalue weighted by Gasteiger charge is 2.37. The first-order valence-corrected chi connectivity index (χ1v) is 50.3. The molecule has 0 saturated heterocycles. The van der Waals surface area contributed by atoms with Gasteiger partial charge in [0, 0.05) is 71.9 Å². The molecule has 0 N–H and O–H groups in total. The van der Waals surface area contributed by atoms with E-state index in [2.05, 4.69) is 575 Å². The average molecular weight is 1880 g/mol. The third kappa shape index (κ3) is 17.5. The van der Waals surface area contributed by atoms with Gasteiger partial charge in [-0.25, -0.2) is 0 Å². The monoisotopic (exact) mass is 1880 g/mol. The molecule has 3 heterocycles. The third-order valence-corrected chi connectivity index (χ3v) is 28.8. The van der Waals surface area contributed by atoms with Crippen LogP contribution in [-0.2, 0) is 5.41 Å². The van der Waals surface area contributed by atoms with Gasteiger partial charge in [-0.2, -0.15) is 0 Å². The summed E-state index contributed by atoms with van der Waals surface area (Å²) in [5, 5.41) is 6.60. The fourth-order valence-corrected chi connectivity index (χ4v) is 21.3. The standard InChI is InChI=1S/C51H37NO.C48H33NO.C42H29NO/c1-51(2)46-19-11-9-17-42(46)43-30-29-41(33-47(43)51)52(40-27-25-37(26-28-40)35-15-7-4-8-16-35)48-32-39(31-45-44-18-10-12-20-49(44)53-50(45)48)38-23-21-36(22-24-38)34-13-5-3-6-14-34;1-4-13-34(14-5-1)37-23-25-39(26-24-37)41-32-45-44-21-10-11-22-47(44)50-48(45)46(33-41)49(42-29-27-38(28-30-42)35-15-6-2-7-16-35)43-20-12-19-40(31-43)36-17-8-3-9-18-36;1-4-12-30(13-5-1)32-20-22-34(23-21-32)35-28-39-38-18-10-11-19-41(38)44-42(39)40(29-35)43(36-16-8-3-9-17-36)37-26-24-33(25-27-37)31-14-6-2-7-15-31/h3-33H,1-2H3;1-33H;1-29H. The van der Waals surface area contributed by atoms with Crippen LogP contribution in [0.15, 0.2) is 577 Å². The van der Waals surface area contributed by atoms with Gasteiger partial charge in [0.1, 0.15) is 16.7 Å². The molecule has 23 aromatic carbocycles. The van der Waals surface area contributed by atoms with Crippen molar-refractivity contribution in [1.82, 2.24) is 0 Å². The zero-order valence-electron chi connectivity index (χ0n) is 81.3. The molecule has 3 aromatic heterocycles. The fourth-order valence-electron chi connectivity index (χ4n) is 21.3. The highest BCUT2D eigenvalue weighted by Crippen LogP contribution is 2.55. The molecule has 26 aromatic rings. The van der Waals surface area contributed by atoms with Crippen LogP contribution in [-0.4, -0.2) is 0 Å². The molecule has 696 valence electrons. The van der Waals surface area contributed by atoms with Crippen molar-refractivity contribution >= 4 is 117 Å². The summed E-state index contributed by atoms with van der Waals surface area (Å²) in [5.41, 5.74) is 43.3. The number of fused-ring (bicyclic) bond motifs is 12. The molecule has 0 amide bonds. The summed E-state index contributed by atoms with van der Waals surface area (Å²) >= 11 is 0. The van der Waals surface area contributed by atoms with E-state index >= 15 is 0 Å². The van der Waals surface area contributed by atoms with Crippen molar-refractivity contribution in [2.45, 2.75) is 19.3 Å². The van der Waals surface area contributed by atoms with E-state index < -0.39 is 0 Å². The van der Waals surface area contributed by atoms with Gasteiger partial charge in [-0.3, -0.25) is 0 Å². The Hall–Kier alpha value is -19.1. The van der Waals surface area contributed by atoms with Crippen molar-refractivity contribution in [1.29, 1.82) is 0 Å². The SMILES string of the molecule is CC1(C)c2ccccc2-c2ccc(N(c3ccc(-c4ccccc4)cc3)c3cc(-c4ccc(-c5ccccc5)cc4)cc4c3oc3ccccc34)cc21.c1ccc(-c2ccc(-c3cc(N(c4ccc(-c5ccccc5)cc4)c4cccc(-c5ccccc5)c4)c4oc5ccccc5c4c3)cc2)cc1.c1ccc(-c2ccc(-c3cc(N(c4ccccc4)c4ccc(-c5ccccc5)cc4)c4oc5ccccc5c4c3)cc2)cc1.